The van der Waals surface area contributed by atoms with Crippen LogP contribution in [0.1, 0.15) is 38.8 Å². The van der Waals surface area contributed by atoms with Crippen LogP contribution in [0.3, 0.4) is 0 Å². The molecule has 1 aromatic rings. The molecular weight excluding hydrogens is 361 g/mol. The molecule has 4 heteroatoms. The third-order valence-electron chi connectivity index (χ3n) is 3.25. The molecular formula is C16H28IN3. The fourth-order valence-corrected chi connectivity index (χ4v) is 1.57. The van der Waals surface area contributed by atoms with Gasteiger partial charge in [0, 0.05) is 12.6 Å². The van der Waals surface area contributed by atoms with Crippen molar-refractivity contribution >= 4 is 29.9 Å². The van der Waals surface area contributed by atoms with Crippen LogP contribution in [0.4, 0.5) is 0 Å². The van der Waals surface area contributed by atoms with Gasteiger partial charge in [0.1, 0.15) is 0 Å². The highest BCUT2D eigenvalue weighted by molar-refractivity contribution is 14.0. The van der Waals surface area contributed by atoms with E-state index < -0.39 is 0 Å². The first-order valence-electron chi connectivity index (χ1n) is 7.13. The number of hydrogen-bond acceptors (Lipinski definition) is 1. The number of aryl methyl sites for hydroxylation is 1. The maximum absolute atomic E-state index is 4.63. The normalized spacial score (nSPS) is 12.8. The maximum Gasteiger partial charge on any atom is 0.191 e. The predicted octanol–water partition coefficient (Wildman–Crippen LogP) is 3.71. The van der Waals surface area contributed by atoms with Crippen molar-refractivity contribution in [2.24, 2.45) is 10.9 Å². The molecule has 0 aliphatic carbocycles. The van der Waals surface area contributed by atoms with Crippen molar-refractivity contribution in [2.75, 3.05) is 6.54 Å². The van der Waals surface area contributed by atoms with E-state index in [1.165, 1.54) is 11.1 Å². The lowest BCUT2D eigenvalue weighted by molar-refractivity contribution is 0.481. The summed E-state index contributed by atoms with van der Waals surface area (Å²) in [4.78, 5) is 4.63. The first-order valence-corrected chi connectivity index (χ1v) is 7.13. The van der Waals surface area contributed by atoms with Crippen LogP contribution in [0.15, 0.2) is 29.3 Å². The topological polar surface area (TPSA) is 36.4 Å². The highest BCUT2D eigenvalue weighted by atomic mass is 127. The van der Waals surface area contributed by atoms with Crippen molar-refractivity contribution in [1.82, 2.24) is 10.6 Å². The predicted molar refractivity (Wildman–Crippen MR) is 98.8 cm³/mol. The number of halogens is 1. The van der Waals surface area contributed by atoms with Crippen LogP contribution in [0.5, 0.6) is 0 Å². The molecule has 0 aromatic heterocycles. The molecule has 0 heterocycles. The SMILES string of the molecule is CCNC(=NCc1ccc(C)cc1)NC(C)C(C)C.I. The molecule has 0 radical (unpaired) electrons. The Kier molecular flexibility index (Phi) is 9.63. The summed E-state index contributed by atoms with van der Waals surface area (Å²) in [5, 5.41) is 6.73. The van der Waals surface area contributed by atoms with E-state index in [1.807, 2.05) is 0 Å². The molecule has 114 valence electrons. The molecule has 0 saturated carbocycles. The molecule has 3 nitrogen and oxygen atoms in total. The molecule has 2 N–H and O–H groups in total. The lowest BCUT2D eigenvalue weighted by Crippen LogP contribution is -2.44. The molecule has 20 heavy (non-hydrogen) atoms. The third-order valence-corrected chi connectivity index (χ3v) is 3.25. The molecule has 0 aliphatic rings. The number of guanidine groups is 1. The monoisotopic (exact) mass is 389 g/mol. The molecule has 0 bridgehead atoms. The van der Waals surface area contributed by atoms with E-state index in [0.29, 0.717) is 18.5 Å². The Hall–Kier alpha value is -0.780. The van der Waals surface area contributed by atoms with Crippen LogP contribution in [-0.4, -0.2) is 18.5 Å². The van der Waals surface area contributed by atoms with Gasteiger partial charge in [-0.05, 0) is 32.3 Å². The molecule has 1 atom stereocenters. The van der Waals surface area contributed by atoms with E-state index in [9.17, 15) is 0 Å². The number of rotatable bonds is 5. The Morgan fingerprint density at radius 3 is 2.25 bits per heavy atom. The second-order valence-electron chi connectivity index (χ2n) is 5.36. The van der Waals surface area contributed by atoms with Gasteiger partial charge in [0.25, 0.3) is 0 Å². The van der Waals surface area contributed by atoms with Gasteiger partial charge in [-0.3, -0.25) is 0 Å². The van der Waals surface area contributed by atoms with E-state index in [1.54, 1.807) is 0 Å². The first kappa shape index (κ1) is 19.2. The third kappa shape index (κ3) is 7.12. The van der Waals surface area contributed by atoms with E-state index >= 15 is 0 Å². The highest BCUT2D eigenvalue weighted by Crippen LogP contribution is 2.05. The van der Waals surface area contributed by atoms with Crippen molar-refractivity contribution in [3.8, 4) is 0 Å². The standard InChI is InChI=1S/C16H27N3.HI/c1-6-17-16(19-14(5)12(2)3)18-11-15-9-7-13(4)8-10-15;/h7-10,12,14H,6,11H2,1-5H3,(H2,17,18,19);1H. The second-order valence-corrected chi connectivity index (χ2v) is 5.36. The van der Waals surface area contributed by atoms with Crippen molar-refractivity contribution in [2.45, 2.75) is 47.2 Å². The van der Waals surface area contributed by atoms with Crippen molar-refractivity contribution in [3.63, 3.8) is 0 Å². The number of nitrogens with zero attached hydrogens (tertiary/aromatic N) is 1. The fraction of sp³-hybridized carbons (Fsp3) is 0.562. The van der Waals surface area contributed by atoms with Crippen molar-refractivity contribution in [1.29, 1.82) is 0 Å². The highest BCUT2D eigenvalue weighted by Gasteiger charge is 2.08. The zero-order valence-corrected chi connectivity index (χ0v) is 15.6. The summed E-state index contributed by atoms with van der Waals surface area (Å²) >= 11 is 0. The summed E-state index contributed by atoms with van der Waals surface area (Å²) in [6.07, 6.45) is 0. The zero-order valence-electron chi connectivity index (χ0n) is 13.2. The van der Waals surface area contributed by atoms with Gasteiger partial charge in [-0.1, -0.05) is 43.7 Å². The van der Waals surface area contributed by atoms with Gasteiger partial charge in [-0.15, -0.1) is 24.0 Å². The van der Waals surface area contributed by atoms with E-state index in [4.69, 9.17) is 0 Å². The quantitative estimate of drug-likeness (QED) is 0.458. The maximum atomic E-state index is 4.63. The summed E-state index contributed by atoms with van der Waals surface area (Å²) in [5.41, 5.74) is 2.52. The lowest BCUT2D eigenvalue weighted by Gasteiger charge is -2.20. The first-order chi connectivity index (χ1) is 9.02. The van der Waals surface area contributed by atoms with Gasteiger partial charge >= 0.3 is 0 Å². The summed E-state index contributed by atoms with van der Waals surface area (Å²) in [5.74, 6) is 1.48. The Bertz CT molecular complexity index is 399. The average molecular weight is 389 g/mol. The molecule has 1 aromatic carbocycles. The van der Waals surface area contributed by atoms with Gasteiger partial charge < -0.3 is 10.6 Å². The Morgan fingerprint density at radius 2 is 1.75 bits per heavy atom. The molecule has 1 unspecified atom stereocenters. The lowest BCUT2D eigenvalue weighted by atomic mass is 10.1. The van der Waals surface area contributed by atoms with Crippen LogP contribution in [0.25, 0.3) is 0 Å². The van der Waals surface area contributed by atoms with E-state index in [0.717, 1.165) is 12.5 Å². The number of nitrogens with one attached hydrogen (secondary N) is 2. The van der Waals surface area contributed by atoms with Gasteiger partial charge in [0.15, 0.2) is 5.96 Å². The Labute approximate surface area is 140 Å². The summed E-state index contributed by atoms with van der Waals surface area (Å²) in [7, 11) is 0. The number of benzene rings is 1. The van der Waals surface area contributed by atoms with Crippen molar-refractivity contribution in [3.05, 3.63) is 35.4 Å². The van der Waals surface area contributed by atoms with Gasteiger partial charge in [0.05, 0.1) is 6.54 Å². The van der Waals surface area contributed by atoms with Crippen molar-refractivity contribution < 1.29 is 0 Å². The molecule has 0 amide bonds. The number of hydrogen-bond donors (Lipinski definition) is 2. The smallest absolute Gasteiger partial charge is 0.191 e. The van der Waals surface area contributed by atoms with E-state index in [2.05, 4.69) is 74.5 Å². The van der Waals surface area contributed by atoms with Crippen LogP contribution in [0.2, 0.25) is 0 Å². The minimum absolute atomic E-state index is 0. The Morgan fingerprint density at radius 1 is 1.15 bits per heavy atom. The average Bonchev–Trinajstić information content (AvgIpc) is 2.37. The Balaban J connectivity index is 0.00000361. The molecule has 0 saturated heterocycles. The summed E-state index contributed by atoms with van der Waals surface area (Å²) < 4.78 is 0. The van der Waals surface area contributed by atoms with E-state index in [-0.39, 0.29) is 24.0 Å². The van der Waals surface area contributed by atoms with Gasteiger partial charge in [0.2, 0.25) is 0 Å². The van der Waals surface area contributed by atoms with Gasteiger partial charge in [-0.25, -0.2) is 4.99 Å². The molecule has 0 fully saturated rings. The van der Waals surface area contributed by atoms with Crippen LogP contribution >= 0.6 is 24.0 Å². The van der Waals surface area contributed by atoms with Crippen LogP contribution < -0.4 is 10.6 Å². The summed E-state index contributed by atoms with van der Waals surface area (Å²) in [6.45, 7) is 12.4. The summed E-state index contributed by atoms with van der Waals surface area (Å²) in [6, 6.07) is 8.93. The van der Waals surface area contributed by atoms with Crippen LogP contribution in [-0.2, 0) is 6.54 Å². The molecule has 0 aliphatic heterocycles. The molecule has 1 rings (SSSR count). The number of aliphatic imine (C=N–C) groups is 1. The zero-order chi connectivity index (χ0) is 14.3. The van der Waals surface area contributed by atoms with Gasteiger partial charge in [-0.2, -0.15) is 0 Å². The minimum Gasteiger partial charge on any atom is -0.357 e. The fourth-order valence-electron chi connectivity index (χ4n) is 1.57. The molecule has 0 spiro atoms. The van der Waals surface area contributed by atoms with Crippen LogP contribution in [0, 0.1) is 12.8 Å². The minimum atomic E-state index is 0. The second kappa shape index (κ2) is 10.0. The largest absolute Gasteiger partial charge is 0.357 e.